The minimum atomic E-state index is -3.05. The summed E-state index contributed by atoms with van der Waals surface area (Å²) in [5.74, 6) is -3.31. The van der Waals surface area contributed by atoms with Crippen molar-refractivity contribution in [2.24, 2.45) is 5.92 Å². The van der Waals surface area contributed by atoms with Crippen LogP contribution in [0.4, 0.5) is 22.0 Å². The zero-order chi connectivity index (χ0) is 22.0. The molecule has 1 heterocycles. The summed E-state index contributed by atoms with van der Waals surface area (Å²) in [5.41, 5.74) is -3.23. The van der Waals surface area contributed by atoms with E-state index in [0.29, 0.717) is 11.5 Å². The number of halogens is 5. The monoisotopic (exact) mass is 431 g/mol. The van der Waals surface area contributed by atoms with Crippen LogP contribution >= 0.6 is 9.24 Å². The van der Waals surface area contributed by atoms with Gasteiger partial charge >= 0.3 is 0 Å². The number of Topliss-reactive ketones (excluding diaryl/α,β-unsaturated/α-hetero) is 1. The first-order valence-corrected chi connectivity index (χ1v) is 9.71. The van der Waals surface area contributed by atoms with Gasteiger partial charge in [-0.1, -0.05) is 28.3 Å². The highest BCUT2D eigenvalue weighted by molar-refractivity contribution is 7.17. The highest BCUT2D eigenvalue weighted by Crippen LogP contribution is 2.44. The van der Waals surface area contributed by atoms with Gasteiger partial charge in [0.2, 0.25) is 0 Å². The number of carbonyl (C=O) groups is 1. The third kappa shape index (κ3) is 5.81. The average molecular weight is 431 g/mol. The Morgan fingerprint density at radius 3 is 2.21 bits per heavy atom. The fraction of sp³-hybridized carbons (Fsp3) is 0.429. The molecule has 1 fully saturated rings. The molecule has 1 unspecified atom stereocenters. The number of aromatic nitrogens is 1. The van der Waals surface area contributed by atoms with Crippen molar-refractivity contribution >= 4 is 15.0 Å². The van der Waals surface area contributed by atoms with Gasteiger partial charge in [-0.3, -0.25) is 9.78 Å². The van der Waals surface area contributed by atoms with E-state index in [-0.39, 0.29) is 22.7 Å². The second kappa shape index (κ2) is 8.86. The van der Waals surface area contributed by atoms with Gasteiger partial charge in [0.1, 0.15) is 11.5 Å². The summed E-state index contributed by atoms with van der Waals surface area (Å²) in [7, 11) is 1.43. The minimum absolute atomic E-state index is 0.157. The molecular weight excluding hydrogens is 408 g/mol. The van der Waals surface area contributed by atoms with Crippen LogP contribution in [0.2, 0.25) is 0 Å². The molecule has 0 radical (unpaired) electrons. The standard InChI is InChI=1S/C12H14F3P.C9H9F2NO/c1-7-2-4-9(7)10-5-3-8(6-11(10)13)12(14,15)16;1-6(13)8-7(9(2,10)11)4-3-5-12-8/h3,5-7,9H,2,4,16H2,1H3;3-5H,1-2H3/t7-,9+;/m1./s1. The molecule has 1 aliphatic rings. The van der Waals surface area contributed by atoms with Gasteiger partial charge in [-0.25, -0.2) is 13.2 Å². The van der Waals surface area contributed by atoms with Gasteiger partial charge in [0.25, 0.3) is 11.6 Å². The van der Waals surface area contributed by atoms with Crippen LogP contribution in [0.25, 0.3) is 0 Å². The van der Waals surface area contributed by atoms with Gasteiger partial charge in [0.15, 0.2) is 5.78 Å². The van der Waals surface area contributed by atoms with Crippen molar-refractivity contribution in [1.82, 2.24) is 4.98 Å². The Kier molecular flexibility index (Phi) is 7.15. The third-order valence-electron chi connectivity index (χ3n) is 5.02. The van der Waals surface area contributed by atoms with E-state index in [1.165, 1.54) is 46.6 Å². The number of benzene rings is 1. The van der Waals surface area contributed by atoms with Gasteiger partial charge in [-0.2, -0.15) is 8.78 Å². The second-order valence-corrected chi connectivity index (χ2v) is 8.09. The number of ketones is 1. The van der Waals surface area contributed by atoms with Crippen LogP contribution in [0.1, 0.15) is 66.7 Å². The number of hydrogen-bond acceptors (Lipinski definition) is 2. The molecule has 3 atom stereocenters. The van der Waals surface area contributed by atoms with Gasteiger partial charge in [-0.05, 0) is 48.4 Å². The van der Waals surface area contributed by atoms with E-state index in [1.807, 2.05) is 0 Å². The van der Waals surface area contributed by atoms with Crippen molar-refractivity contribution < 1.29 is 26.7 Å². The maximum absolute atomic E-state index is 13.7. The Morgan fingerprint density at radius 1 is 1.17 bits per heavy atom. The number of carbonyl (C=O) groups excluding carboxylic acids is 1. The highest BCUT2D eigenvalue weighted by Gasteiger charge is 2.32. The first kappa shape index (κ1) is 23.4. The van der Waals surface area contributed by atoms with E-state index in [2.05, 4.69) is 11.9 Å². The molecule has 1 saturated carbocycles. The summed E-state index contributed by atoms with van der Waals surface area (Å²) in [4.78, 5) is 14.5. The van der Waals surface area contributed by atoms with Crippen LogP contribution in [0.5, 0.6) is 0 Å². The molecule has 2 nitrogen and oxygen atoms in total. The molecule has 1 aromatic carbocycles. The molecule has 0 amide bonds. The van der Waals surface area contributed by atoms with E-state index in [0.717, 1.165) is 25.8 Å². The molecule has 29 heavy (non-hydrogen) atoms. The first-order valence-electron chi connectivity index (χ1n) is 9.13. The lowest BCUT2D eigenvalue weighted by molar-refractivity contribution is 0.0160. The lowest BCUT2D eigenvalue weighted by Gasteiger charge is -2.34. The fourth-order valence-electron chi connectivity index (χ4n) is 3.20. The Labute approximate surface area is 169 Å². The first-order chi connectivity index (χ1) is 13.3. The van der Waals surface area contributed by atoms with E-state index in [1.54, 1.807) is 0 Å². The normalized spacial score (nSPS) is 19.1. The van der Waals surface area contributed by atoms with Crippen LogP contribution in [-0.4, -0.2) is 10.8 Å². The van der Waals surface area contributed by atoms with Gasteiger partial charge < -0.3 is 0 Å². The molecule has 0 saturated heterocycles. The Hall–Kier alpha value is -1.88. The molecule has 0 spiro atoms. The SMILES string of the molecule is CC(=O)c1ncccc1C(C)(F)F.C[C@@H]1CC[C@@H]1c1ccc(C(F)(F)P)cc1F. The summed E-state index contributed by atoms with van der Waals surface area (Å²) >= 11 is 0. The molecular formula is C21H23F5NOP. The van der Waals surface area contributed by atoms with Crippen molar-refractivity contribution in [2.75, 3.05) is 0 Å². The predicted octanol–water partition coefficient (Wildman–Crippen LogP) is 6.66. The number of alkyl halides is 4. The molecule has 0 aliphatic heterocycles. The fourth-order valence-corrected chi connectivity index (χ4v) is 3.38. The van der Waals surface area contributed by atoms with E-state index < -0.39 is 23.2 Å². The molecule has 3 rings (SSSR count). The smallest absolute Gasteiger partial charge is 0.283 e. The number of nitrogens with zero attached hydrogens (tertiary/aromatic N) is 1. The Bertz CT molecular complexity index is 876. The summed E-state index contributed by atoms with van der Waals surface area (Å²) < 4.78 is 65.3. The van der Waals surface area contributed by atoms with Crippen molar-refractivity contribution in [3.05, 3.63) is 64.7 Å². The number of rotatable bonds is 4. The maximum atomic E-state index is 13.7. The number of hydrogen-bond donors (Lipinski definition) is 0. The van der Waals surface area contributed by atoms with Crippen LogP contribution in [-0.2, 0) is 11.6 Å². The highest BCUT2D eigenvalue weighted by atomic mass is 31.0. The zero-order valence-electron chi connectivity index (χ0n) is 16.4. The molecule has 0 N–H and O–H groups in total. The lowest BCUT2D eigenvalue weighted by Crippen LogP contribution is -2.22. The van der Waals surface area contributed by atoms with Crippen molar-refractivity contribution in [3.8, 4) is 0 Å². The van der Waals surface area contributed by atoms with Crippen LogP contribution in [0.3, 0.4) is 0 Å². The van der Waals surface area contributed by atoms with Gasteiger partial charge in [-0.15, -0.1) is 0 Å². The molecule has 158 valence electrons. The van der Waals surface area contributed by atoms with E-state index in [4.69, 9.17) is 0 Å². The number of pyridine rings is 1. The van der Waals surface area contributed by atoms with Crippen molar-refractivity contribution in [2.45, 2.75) is 51.1 Å². The third-order valence-corrected chi connectivity index (χ3v) is 5.35. The molecule has 8 heteroatoms. The molecule has 0 bridgehead atoms. The Morgan fingerprint density at radius 2 is 1.83 bits per heavy atom. The van der Waals surface area contributed by atoms with Gasteiger partial charge in [0, 0.05) is 31.2 Å². The molecule has 1 aromatic heterocycles. The predicted molar refractivity (Wildman–Crippen MR) is 105 cm³/mol. The van der Waals surface area contributed by atoms with Crippen LogP contribution in [0, 0.1) is 11.7 Å². The lowest BCUT2D eigenvalue weighted by atomic mass is 9.71. The average Bonchev–Trinajstić information content (AvgIpc) is 2.61. The quantitative estimate of drug-likeness (QED) is 0.308. The largest absolute Gasteiger partial charge is 0.293 e. The molecule has 2 aromatic rings. The summed E-state index contributed by atoms with van der Waals surface area (Å²) in [5, 5.41) is 0. The molecule has 1 aliphatic carbocycles. The van der Waals surface area contributed by atoms with Crippen LogP contribution in [0.15, 0.2) is 36.5 Å². The topological polar surface area (TPSA) is 30.0 Å². The minimum Gasteiger partial charge on any atom is -0.293 e. The second-order valence-electron chi connectivity index (χ2n) is 7.36. The van der Waals surface area contributed by atoms with Crippen molar-refractivity contribution in [1.29, 1.82) is 0 Å². The maximum Gasteiger partial charge on any atom is 0.283 e. The van der Waals surface area contributed by atoms with E-state index >= 15 is 0 Å². The summed E-state index contributed by atoms with van der Waals surface area (Å²) in [6.45, 7) is 4.03. The van der Waals surface area contributed by atoms with Gasteiger partial charge in [0.05, 0.1) is 0 Å². The Balaban J connectivity index is 0.000000212. The van der Waals surface area contributed by atoms with Crippen LogP contribution < -0.4 is 0 Å². The van der Waals surface area contributed by atoms with Crippen molar-refractivity contribution in [3.63, 3.8) is 0 Å². The summed E-state index contributed by atoms with van der Waals surface area (Å²) in [6.07, 6.45) is 3.37. The van der Waals surface area contributed by atoms with E-state index in [9.17, 15) is 26.7 Å². The summed E-state index contributed by atoms with van der Waals surface area (Å²) in [6, 6.07) is 6.37. The zero-order valence-corrected chi connectivity index (χ0v) is 17.5.